The first-order valence-electron chi connectivity index (χ1n) is 8.04. The Labute approximate surface area is 164 Å². The summed E-state index contributed by atoms with van der Waals surface area (Å²) in [5.74, 6) is -1.04. The van der Waals surface area contributed by atoms with Crippen LogP contribution in [0.5, 0.6) is 0 Å². The molecule has 0 N–H and O–H groups in total. The van der Waals surface area contributed by atoms with Gasteiger partial charge < -0.3 is 4.74 Å². The van der Waals surface area contributed by atoms with Gasteiger partial charge in [-0.15, -0.1) is 0 Å². The summed E-state index contributed by atoms with van der Waals surface area (Å²) in [5.41, 5.74) is 0.577. The molecule has 138 valence electrons. The maximum atomic E-state index is 12.3. The number of nitrogens with zero attached hydrogens (tertiary/aromatic N) is 2. The summed E-state index contributed by atoms with van der Waals surface area (Å²) < 4.78 is 6.31. The van der Waals surface area contributed by atoms with E-state index in [0.29, 0.717) is 15.9 Å². The van der Waals surface area contributed by atoms with E-state index >= 15 is 0 Å². The smallest absolute Gasteiger partial charge is 0.308 e. The minimum absolute atomic E-state index is 0.0679. The van der Waals surface area contributed by atoms with Crippen molar-refractivity contribution in [3.8, 4) is 0 Å². The lowest BCUT2D eigenvalue weighted by Gasteiger charge is -2.08. The Bertz CT molecular complexity index is 1080. The van der Waals surface area contributed by atoms with Gasteiger partial charge in [0.2, 0.25) is 5.78 Å². The molecule has 0 aliphatic rings. The van der Waals surface area contributed by atoms with Crippen LogP contribution in [-0.2, 0) is 16.1 Å². The maximum Gasteiger partial charge on any atom is 0.308 e. The summed E-state index contributed by atoms with van der Waals surface area (Å²) in [5, 5.41) is 1.07. The average Bonchev–Trinajstić information content (AvgIpc) is 2.66. The second kappa shape index (κ2) is 8.33. The van der Waals surface area contributed by atoms with Gasteiger partial charge in [0.25, 0.3) is 5.56 Å². The van der Waals surface area contributed by atoms with Crippen molar-refractivity contribution in [2.24, 2.45) is 0 Å². The number of rotatable bonds is 6. The van der Waals surface area contributed by atoms with Crippen molar-refractivity contribution in [1.82, 2.24) is 9.55 Å². The molecule has 0 fully saturated rings. The predicted molar refractivity (Wildman–Crippen MR) is 102 cm³/mol. The van der Waals surface area contributed by atoms with E-state index in [1.807, 2.05) is 0 Å². The lowest BCUT2D eigenvalue weighted by molar-refractivity contribution is -0.142. The number of halogens is 2. The second-order valence-electron chi connectivity index (χ2n) is 5.72. The van der Waals surface area contributed by atoms with Crippen LogP contribution in [0.25, 0.3) is 10.9 Å². The SMILES string of the molecule is O=C(CCn1cnc2ccccc2c1=O)OCC(=O)c1ccc(Cl)cc1Cl. The molecule has 8 heteroatoms. The minimum atomic E-state index is -0.603. The summed E-state index contributed by atoms with van der Waals surface area (Å²) in [6, 6.07) is 11.4. The molecule has 0 spiro atoms. The molecule has 3 aromatic rings. The molecular formula is C19H14Cl2N2O4. The number of esters is 1. The molecule has 0 bridgehead atoms. The molecule has 0 saturated carbocycles. The van der Waals surface area contributed by atoms with Gasteiger partial charge in [0.15, 0.2) is 6.61 Å². The standard InChI is InChI=1S/C19H14Cl2N2O4/c20-12-5-6-13(15(21)9-12)17(24)10-27-18(25)7-8-23-11-22-16-4-2-1-3-14(16)19(23)26/h1-6,9,11H,7-8,10H2. The topological polar surface area (TPSA) is 78.3 Å². The molecular weight excluding hydrogens is 391 g/mol. The molecule has 0 atom stereocenters. The first-order valence-corrected chi connectivity index (χ1v) is 8.79. The zero-order valence-corrected chi connectivity index (χ0v) is 15.5. The zero-order valence-electron chi connectivity index (χ0n) is 14.0. The third-order valence-electron chi connectivity index (χ3n) is 3.88. The number of ether oxygens (including phenoxy) is 1. The van der Waals surface area contributed by atoms with Crippen molar-refractivity contribution >= 4 is 45.9 Å². The molecule has 0 amide bonds. The number of aryl methyl sites for hydroxylation is 1. The summed E-state index contributed by atoms with van der Waals surface area (Å²) in [7, 11) is 0. The van der Waals surface area contributed by atoms with Gasteiger partial charge in [0.05, 0.1) is 28.7 Å². The summed E-state index contributed by atoms with van der Waals surface area (Å²) >= 11 is 11.7. The van der Waals surface area contributed by atoms with Crippen LogP contribution < -0.4 is 5.56 Å². The molecule has 6 nitrogen and oxygen atoms in total. The van der Waals surface area contributed by atoms with Crippen molar-refractivity contribution in [2.75, 3.05) is 6.61 Å². The highest BCUT2D eigenvalue weighted by Gasteiger charge is 2.14. The zero-order chi connectivity index (χ0) is 19.4. The van der Waals surface area contributed by atoms with Gasteiger partial charge in [0, 0.05) is 17.1 Å². The number of hydrogen-bond acceptors (Lipinski definition) is 5. The van der Waals surface area contributed by atoms with Crippen molar-refractivity contribution < 1.29 is 14.3 Å². The van der Waals surface area contributed by atoms with Gasteiger partial charge in [-0.3, -0.25) is 19.0 Å². The fourth-order valence-corrected chi connectivity index (χ4v) is 3.00. The number of ketones is 1. The first-order chi connectivity index (χ1) is 13.0. The minimum Gasteiger partial charge on any atom is -0.457 e. The number of carbonyl (C=O) groups excluding carboxylic acids is 2. The van der Waals surface area contributed by atoms with Crippen LogP contribution in [0.3, 0.4) is 0 Å². The molecule has 2 aromatic carbocycles. The molecule has 0 saturated heterocycles. The number of fused-ring (bicyclic) bond motifs is 1. The number of hydrogen-bond donors (Lipinski definition) is 0. The van der Waals surface area contributed by atoms with Crippen LogP contribution in [0.2, 0.25) is 10.0 Å². The summed E-state index contributed by atoms with van der Waals surface area (Å²) in [4.78, 5) is 40.5. The van der Waals surface area contributed by atoms with E-state index in [0.717, 1.165) is 0 Å². The number of aromatic nitrogens is 2. The number of carbonyl (C=O) groups is 2. The number of Topliss-reactive ketones (excluding diaryl/α,β-unsaturated/α-hetero) is 1. The molecule has 27 heavy (non-hydrogen) atoms. The van der Waals surface area contributed by atoms with Crippen LogP contribution in [0.4, 0.5) is 0 Å². The van der Waals surface area contributed by atoms with Crippen molar-refractivity contribution in [1.29, 1.82) is 0 Å². The molecule has 0 aliphatic heterocycles. The molecule has 0 unspecified atom stereocenters. The molecule has 3 rings (SSSR count). The lowest BCUT2D eigenvalue weighted by atomic mass is 10.1. The van der Waals surface area contributed by atoms with E-state index in [1.165, 1.54) is 29.1 Å². The summed E-state index contributed by atoms with van der Waals surface area (Å²) in [6.45, 7) is -0.337. The average molecular weight is 405 g/mol. The third-order valence-corrected chi connectivity index (χ3v) is 4.43. The van der Waals surface area contributed by atoms with Gasteiger partial charge in [-0.1, -0.05) is 35.3 Å². The van der Waals surface area contributed by atoms with Crippen molar-refractivity contribution in [2.45, 2.75) is 13.0 Å². The lowest BCUT2D eigenvalue weighted by Crippen LogP contribution is -2.23. The Morgan fingerprint density at radius 1 is 1.11 bits per heavy atom. The van der Waals surface area contributed by atoms with Crippen molar-refractivity contribution in [3.05, 3.63) is 74.8 Å². The fraction of sp³-hybridized carbons (Fsp3) is 0.158. The molecule has 1 aromatic heterocycles. The highest BCUT2D eigenvalue weighted by Crippen LogP contribution is 2.21. The molecule has 0 radical (unpaired) electrons. The van der Waals surface area contributed by atoms with Gasteiger partial charge >= 0.3 is 5.97 Å². The van der Waals surface area contributed by atoms with Crippen LogP contribution in [-0.4, -0.2) is 27.9 Å². The first kappa shape index (κ1) is 19.1. The Hall–Kier alpha value is -2.70. The Morgan fingerprint density at radius 2 is 1.89 bits per heavy atom. The number of para-hydroxylation sites is 1. The Morgan fingerprint density at radius 3 is 2.67 bits per heavy atom. The maximum absolute atomic E-state index is 12.3. The molecule has 0 aliphatic carbocycles. The van der Waals surface area contributed by atoms with Crippen LogP contribution in [0.1, 0.15) is 16.8 Å². The van der Waals surface area contributed by atoms with Crippen molar-refractivity contribution in [3.63, 3.8) is 0 Å². The monoisotopic (exact) mass is 404 g/mol. The van der Waals surface area contributed by atoms with Crippen LogP contribution in [0.15, 0.2) is 53.6 Å². The molecule has 1 heterocycles. The highest BCUT2D eigenvalue weighted by atomic mass is 35.5. The van der Waals surface area contributed by atoms with E-state index in [4.69, 9.17) is 27.9 Å². The van der Waals surface area contributed by atoms with Gasteiger partial charge in [-0.2, -0.15) is 0 Å². The second-order valence-corrected chi connectivity index (χ2v) is 6.56. The largest absolute Gasteiger partial charge is 0.457 e. The highest BCUT2D eigenvalue weighted by molar-refractivity contribution is 6.36. The number of benzene rings is 2. The van der Waals surface area contributed by atoms with Gasteiger partial charge in [-0.05, 0) is 30.3 Å². The third kappa shape index (κ3) is 4.53. The predicted octanol–water partition coefficient (Wildman–Crippen LogP) is 3.52. The van der Waals surface area contributed by atoms with E-state index in [-0.39, 0.29) is 29.1 Å². The van der Waals surface area contributed by atoms with Gasteiger partial charge in [0.1, 0.15) is 0 Å². The van der Waals surface area contributed by atoms with E-state index in [2.05, 4.69) is 4.98 Å². The Balaban J connectivity index is 1.58. The van der Waals surface area contributed by atoms with E-state index in [9.17, 15) is 14.4 Å². The fourth-order valence-electron chi connectivity index (χ4n) is 2.49. The Kier molecular flexibility index (Phi) is 5.88. The normalized spacial score (nSPS) is 10.7. The quantitative estimate of drug-likeness (QED) is 0.463. The van der Waals surface area contributed by atoms with Crippen LogP contribution >= 0.6 is 23.2 Å². The van der Waals surface area contributed by atoms with Crippen LogP contribution in [0, 0.1) is 0 Å². The summed E-state index contributed by atoms with van der Waals surface area (Å²) in [6.07, 6.45) is 1.32. The van der Waals surface area contributed by atoms with E-state index in [1.54, 1.807) is 24.3 Å². The van der Waals surface area contributed by atoms with E-state index < -0.39 is 18.4 Å². The van der Waals surface area contributed by atoms with Gasteiger partial charge in [-0.25, -0.2) is 4.98 Å².